The zero-order valence-electron chi connectivity index (χ0n) is 13.7. The maximum atomic E-state index is 13.5. The lowest BCUT2D eigenvalue weighted by atomic mass is 10.2. The van der Waals surface area contributed by atoms with Crippen molar-refractivity contribution >= 4 is 27.5 Å². The van der Waals surface area contributed by atoms with Crippen LogP contribution in [0.4, 0.5) is 4.39 Å². The summed E-state index contributed by atoms with van der Waals surface area (Å²) in [4.78, 5) is 17.3. The maximum Gasteiger partial charge on any atom is 0.292 e. The summed E-state index contributed by atoms with van der Waals surface area (Å²) >= 11 is 1.25. The Morgan fingerprint density at radius 2 is 2.15 bits per heavy atom. The fourth-order valence-corrected chi connectivity index (χ4v) is 3.82. The number of hydrogen-bond acceptors (Lipinski definition) is 4. The van der Waals surface area contributed by atoms with E-state index in [0.717, 1.165) is 5.52 Å². The van der Waals surface area contributed by atoms with Crippen LogP contribution in [0.3, 0.4) is 0 Å². The van der Waals surface area contributed by atoms with Gasteiger partial charge in [0, 0.05) is 6.54 Å². The van der Waals surface area contributed by atoms with E-state index in [0.29, 0.717) is 27.5 Å². The van der Waals surface area contributed by atoms with E-state index >= 15 is 0 Å². The van der Waals surface area contributed by atoms with Crippen LogP contribution in [0.25, 0.3) is 10.2 Å². The molecule has 0 saturated carbocycles. The Hall–Kier alpha value is -2.93. The van der Waals surface area contributed by atoms with Crippen molar-refractivity contribution in [2.24, 2.45) is 4.99 Å². The lowest BCUT2D eigenvalue weighted by Gasteiger charge is -2.23. The highest BCUT2D eigenvalue weighted by Gasteiger charge is 2.27. The molecule has 4 rings (SSSR count). The van der Waals surface area contributed by atoms with E-state index in [9.17, 15) is 9.18 Å². The molecule has 5 nitrogen and oxygen atoms in total. The van der Waals surface area contributed by atoms with Gasteiger partial charge in [-0.1, -0.05) is 29.5 Å². The summed E-state index contributed by atoms with van der Waals surface area (Å²) in [5.74, 6) is 0.354. The van der Waals surface area contributed by atoms with E-state index in [2.05, 4.69) is 11.6 Å². The van der Waals surface area contributed by atoms with Crippen LogP contribution in [0.1, 0.15) is 0 Å². The number of halogens is 1. The summed E-state index contributed by atoms with van der Waals surface area (Å²) in [5, 5.41) is 0. The molecule has 0 aliphatic carbocycles. The molecule has 0 unspecified atom stereocenters. The van der Waals surface area contributed by atoms with Crippen LogP contribution >= 0.6 is 11.3 Å². The smallest absolute Gasteiger partial charge is 0.292 e. The number of thiazole rings is 1. The number of nitrogens with zero attached hydrogens (tertiary/aromatic N) is 2. The Labute approximate surface area is 152 Å². The molecule has 2 aromatic carbocycles. The van der Waals surface area contributed by atoms with Crippen molar-refractivity contribution in [3.8, 4) is 11.5 Å². The first-order chi connectivity index (χ1) is 12.7. The second-order valence-corrected chi connectivity index (χ2v) is 6.72. The topological polar surface area (TPSA) is 52.8 Å². The van der Waals surface area contributed by atoms with Gasteiger partial charge in [-0.25, -0.2) is 4.39 Å². The predicted molar refractivity (Wildman–Crippen MR) is 96.9 cm³/mol. The van der Waals surface area contributed by atoms with Gasteiger partial charge in [0.25, 0.3) is 5.91 Å². The Morgan fingerprint density at radius 1 is 1.35 bits per heavy atom. The Kier molecular flexibility index (Phi) is 4.30. The molecule has 7 heteroatoms. The van der Waals surface area contributed by atoms with Gasteiger partial charge in [-0.15, -0.1) is 6.58 Å². The average Bonchev–Trinajstić information content (AvgIpc) is 2.98. The summed E-state index contributed by atoms with van der Waals surface area (Å²) in [5.41, 5.74) is 0.800. The molecule has 132 valence electrons. The van der Waals surface area contributed by atoms with Crippen molar-refractivity contribution in [3.63, 3.8) is 0 Å². The van der Waals surface area contributed by atoms with E-state index in [1.54, 1.807) is 24.3 Å². The number of amides is 1. The number of fused-ring (bicyclic) bond motifs is 2. The lowest BCUT2D eigenvalue weighted by molar-refractivity contribution is -0.127. The van der Waals surface area contributed by atoms with Crippen LogP contribution < -0.4 is 14.3 Å². The van der Waals surface area contributed by atoms with Crippen LogP contribution in [-0.2, 0) is 11.3 Å². The molecule has 1 amide bonds. The fraction of sp³-hybridized carbons (Fsp3) is 0.158. The summed E-state index contributed by atoms with van der Waals surface area (Å²) in [6.45, 7) is 4.29. The molecule has 1 atom stereocenters. The molecule has 0 fully saturated rings. The number of aromatic nitrogens is 1. The number of allylic oxidation sites excluding steroid dienone is 1. The first-order valence-corrected chi connectivity index (χ1v) is 8.84. The van der Waals surface area contributed by atoms with Crippen LogP contribution in [-0.4, -0.2) is 23.2 Å². The summed E-state index contributed by atoms with van der Waals surface area (Å²) in [6.07, 6.45) is 0.888. The molecule has 1 aliphatic rings. The van der Waals surface area contributed by atoms with Gasteiger partial charge >= 0.3 is 0 Å². The molecular weight excluding hydrogens is 355 g/mol. The van der Waals surface area contributed by atoms with Gasteiger partial charge in [0.05, 0.1) is 10.2 Å². The molecule has 2 heterocycles. The number of hydrogen-bond donors (Lipinski definition) is 0. The van der Waals surface area contributed by atoms with Gasteiger partial charge in [0.1, 0.15) is 12.4 Å². The minimum atomic E-state index is -0.816. The third-order valence-electron chi connectivity index (χ3n) is 3.95. The number of ether oxygens (including phenoxy) is 2. The molecule has 26 heavy (non-hydrogen) atoms. The molecule has 0 bridgehead atoms. The van der Waals surface area contributed by atoms with Crippen molar-refractivity contribution in [1.82, 2.24) is 4.57 Å². The van der Waals surface area contributed by atoms with Crippen molar-refractivity contribution in [3.05, 3.63) is 65.7 Å². The largest absolute Gasteiger partial charge is 0.485 e. The molecule has 0 N–H and O–H groups in total. The third-order valence-corrected chi connectivity index (χ3v) is 4.99. The molecular formula is C19H15FN2O3S. The molecule has 1 aliphatic heterocycles. The minimum absolute atomic E-state index is 0.0975. The molecule has 0 saturated heterocycles. The van der Waals surface area contributed by atoms with Crippen LogP contribution in [0.5, 0.6) is 11.5 Å². The average molecular weight is 370 g/mol. The molecule has 0 radical (unpaired) electrons. The first kappa shape index (κ1) is 16.5. The van der Waals surface area contributed by atoms with Crippen molar-refractivity contribution in [1.29, 1.82) is 0 Å². The van der Waals surface area contributed by atoms with Crippen LogP contribution in [0, 0.1) is 5.82 Å². The lowest BCUT2D eigenvalue weighted by Crippen LogP contribution is -2.36. The summed E-state index contributed by atoms with van der Waals surface area (Å²) < 4.78 is 27.3. The van der Waals surface area contributed by atoms with Crippen molar-refractivity contribution in [2.75, 3.05) is 6.61 Å². The van der Waals surface area contributed by atoms with E-state index < -0.39 is 12.0 Å². The zero-order valence-corrected chi connectivity index (χ0v) is 14.5. The van der Waals surface area contributed by atoms with Gasteiger partial charge < -0.3 is 14.0 Å². The normalized spacial score (nSPS) is 16.7. The second-order valence-electron chi connectivity index (χ2n) is 5.71. The standard InChI is InChI=1S/C19H15FN2O3S/c1-2-9-22-13-8-7-12(20)10-17(13)26-19(22)21-18(23)16-11-24-14-5-3-4-6-15(14)25-16/h2-8,10,16H,1,9,11H2/t16-/m0/s1. The minimum Gasteiger partial charge on any atom is -0.485 e. The molecule has 0 spiro atoms. The van der Waals surface area contributed by atoms with E-state index in [-0.39, 0.29) is 12.4 Å². The number of para-hydroxylation sites is 2. The van der Waals surface area contributed by atoms with Gasteiger partial charge in [0.15, 0.2) is 16.3 Å². The van der Waals surface area contributed by atoms with Gasteiger partial charge in [-0.05, 0) is 30.3 Å². The van der Waals surface area contributed by atoms with Crippen LogP contribution in [0.15, 0.2) is 60.1 Å². The van der Waals surface area contributed by atoms with Gasteiger partial charge in [0.2, 0.25) is 6.10 Å². The SMILES string of the molecule is C=CCn1c(=NC(=O)[C@@H]2COc3ccccc3O2)sc2cc(F)ccc21. The third kappa shape index (κ3) is 3.01. The highest BCUT2D eigenvalue weighted by molar-refractivity contribution is 7.16. The first-order valence-electron chi connectivity index (χ1n) is 8.02. The van der Waals surface area contributed by atoms with E-state index in [4.69, 9.17) is 9.47 Å². The van der Waals surface area contributed by atoms with Gasteiger partial charge in [-0.2, -0.15) is 4.99 Å². The van der Waals surface area contributed by atoms with E-state index in [1.165, 1.54) is 23.5 Å². The Bertz CT molecular complexity index is 1070. The predicted octanol–water partition coefficient (Wildman–Crippen LogP) is 3.30. The molecule has 3 aromatic rings. The quantitative estimate of drug-likeness (QED) is 0.665. The summed E-state index contributed by atoms with van der Waals surface area (Å²) in [6, 6.07) is 11.7. The zero-order chi connectivity index (χ0) is 18.1. The highest BCUT2D eigenvalue weighted by Crippen LogP contribution is 2.31. The van der Waals surface area contributed by atoms with Gasteiger partial charge in [-0.3, -0.25) is 4.79 Å². The summed E-state index contributed by atoms with van der Waals surface area (Å²) in [7, 11) is 0. The molecule has 1 aromatic heterocycles. The number of carbonyl (C=O) groups excluding carboxylic acids is 1. The Balaban J connectivity index is 1.70. The fourth-order valence-electron chi connectivity index (χ4n) is 2.75. The number of rotatable bonds is 3. The van der Waals surface area contributed by atoms with Crippen molar-refractivity contribution in [2.45, 2.75) is 12.6 Å². The van der Waals surface area contributed by atoms with E-state index in [1.807, 2.05) is 16.7 Å². The number of carbonyl (C=O) groups is 1. The number of benzene rings is 2. The highest BCUT2D eigenvalue weighted by atomic mass is 32.1. The monoisotopic (exact) mass is 370 g/mol. The second kappa shape index (κ2) is 6.76. The Morgan fingerprint density at radius 3 is 2.96 bits per heavy atom. The van der Waals surface area contributed by atoms with Crippen LogP contribution in [0.2, 0.25) is 0 Å². The van der Waals surface area contributed by atoms with Crippen molar-refractivity contribution < 1.29 is 18.7 Å². The maximum absolute atomic E-state index is 13.5.